The number of rotatable bonds is 5. The van der Waals surface area contributed by atoms with Gasteiger partial charge in [0.2, 0.25) is 0 Å². The molecule has 1 aliphatic rings. The molecule has 5 heteroatoms. The predicted octanol–water partition coefficient (Wildman–Crippen LogP) is 5.04. The van der Waals surface area contributed by atoms with Gasteiger partial charge in [0.15, 0.2) is 0 Å². The van der Waals surface area contributed by atoms with E-state index in [0.29, 0.717) is 21.7 Å². The summed E-state index contributed by atoms with van der Waals surface area (Å²) in [5.41, 5.74) is 1.99. The van der Waals surface area contributed by atoms with Crippen LogP contribution >= 0.6 is 0 Å². The fourth-order valence-corrected chi connectivity index (χ4v) is 10.5. The fraction of sp³-hybridized carbons (Fsp3) is 0. The monoisotopic (exact) mass is 505 g/mol. The van der Waals surface area contributed by atoms with Crippen molar-refractivity contribution in [2.75, 3.05) is 0 Å². The van der Waals surface area contributed by atoms with Crippen LogP contribution in [-0.4, -0.2) is 18.5 Å². The van der Waals surface area contributed by atoms with E-state index in [4.69, 9.17) is 9.47 Å². The van der Waals surface area contributed by atoms with E-state index < -0.39 is 13.5 Å². The Kier molecular flexibility index (Phi) is 5.09. The van der Waals surface area contributed by atoms with Gasteiger partial charge in [0, 0.05) is 0 Å². The zero-order chi connectivity index (χ0) is 23.0. The Balaban J connectivity index is 1.37. The number of benzene rings is 4. The molecular weight excluding hydrogens is 485 g/mol. The number of para-hydroxylation sites is 1. The molecule has 1 aliphatic heterocycles. The zero-order valence-corrected chi connectivity index (χ0v) is 20.0. The van der Waals surface area contributed by atoms with Crippen LogP contribution in [0.1, 0.15) is 0 Å². The van der Waals surface area contributed by atoms with Gasteiger partial charge in [-0.3, -0.25) is 0 Å². The average molecular weight is 505 g/mol. The molecule has 0 saturated carbocycles. The summed E-state index contributed by atoms with van der Waals surface area (Å²) in [6.07, 6.45) is 1.70. The third-order valence-electron chi connectivity index (χ3n) is 5.83. The average Bonchev–Trinajstić information content (AvgIpc) is 3.14. The van der Waals surface area contributed by atoms with E-state index in [1.54, 1.807) is 6.20 Å². The van der Waals surface area contributed by atoms with Gasteiger partial charge in [-0.25, -0.2) is 0 Å². The Labute approximate surface area is 200 Å². The molecule has 34 heavy (non-hydrogen) atoms. The summed E-state index contributed by atoms with van der Waals surface area (Å²) in [5, 5.41) is 0. The van der Waals surface area contributed by atoms with Crippen molar-refractivity contribution in [1.82, 2.24) is 4.98 Å². The molecule has 0 aliphatic carbocycles. The predicted molar refractivity (Wildman–Crippen MR) is 134 cm³/mol. The molecule has 5 aromatic rings. The van der Waals surface area contributed by atoms with Crippen LogP contribution in [0.4, 0.5) is 0 Å². The van der Waals surface area contributed by atoms with Crippen LogP contribution in [0.2, 0.25) is 0 Å². The molecule has 1 aromatic heterocycles. The van der Waals surface area contributed by atoms with Crippen LogP contribution in [0.15, 0.2) is 121 Å². The summed E-state index contributed by atoms with van der Waals surface area (Å²) in [6.45, 7) is 0. The standard InChI is InChI=1S/C29H20AsNO3/c32-30(29-15-6-7-18-31-29)27-14-5-4-13-25(27)26-17-16-24(20-28(26)30)34-23-12-8-11-22(19-23)33-21-9-2-1-3-10-21/h1-20H. The van der Waals surface area contributed by atoms with Gasteiger partial charge in [-0.1, -0.05) is 0 Å². The van der Waals surface area contributed by atoms with Crippen LogP contribution in [0, 0.1) is 0 Å². The third-order valence-corrected chi connectivity index (χ3v) is 12.2. The van der Waals surface area contributed by atoms with Gasteiger partial charge in [-0.05, 0) is 0 Å². The summed E-state index contributed by atoms with van der Waals surface area (Å²) < 4.78 is 29.1. The number of hydrogen-bond donors (Lipinski definition) is 0. The molecule has 0 N–H and O–H groups in total. The number of pyridine rings is 1. The van der Waals surface area contributed by atoms with E-state index in [9.17, 15) is 3.74 Å². The maximum atomic E-state index is 14.6. The molecule has 6 rings (SSSR count). The molecular formula is C29H20AsNO3. The van der Waals surface area contributed by atoms with Crippen molar-refractivity contribution < 1.29 is 13.2 Å². The first-order valence-electron chi connectivity index (χ1n) is 11.0. The Hall–Kier alpha value is -4.01. The van der Waals surface area contributed by atoms with Crippen molar-refractivity contribution >= 4 is 26.7 Å². The second kappa shape index (κ2) is 8.40. The van der Waals surface area contributed by atoms with Gasteiger partial charge in [0.25, 0.3) is 0 Å². The van der Waals surface area contributed by atoms with Gasteiger partial charge in [0.05, 0.1) is 0 Å². The van der Waals surface area contributed by atoms with E-state index in [1.807, 2.05) is 115 Å². The van der Waals surface area contributed by atoms with E-state index in [1.165, 1.54) is 0 Å². The van der Waals surface area contributed by atoms with E-state index >= 15 is 0 Å². The summed E-state index contributed by atoms with van der Waals surface area (Å²) in [6, 6.07) is 36.5. The molecule has 0 radical (unpaired) electrons. The molecule has 0 bridgehead atoms. The molecule has 0 fully saturated rings. The fourth-order valence-electron chi connectivity index (χ4n) is 4.32. The molecule has 1 atom stereocenters. The van der Waals surface area contributed by atoms with Crippen molar-refractivity contribution in [3.8, 4) is 34.1 Å². The topological polar surface area (TPSA) is 48.4 Å². The van der Waals surface area contributed by atoms with Gasteiger partial charge in [0.1, 0.15) is 0 Å². The molecule has 4 aromatic carbocycles. The first kappa shape index (κ1) is 20.6. The second-order valence-corrected chi connectivity index (χ2v) is 13.5. The van der Waals surface area contributed by atoms with Crippen LogP contribution in [0.5, 0.6) is 23.0 Å². The van der Waals surface area contributed by atoms with Crippen LogP contribution in [0.25, 0.3) is 11.1 Å². The number of nitrogens with zero attached hydrogens (tertiary/aromatic N) is 1. The van der Waals surface area contributed by atoms with Gasteiger partial charge >= 0.3 is 200 Å². The quantitative estimate of drug-likeness (QED) is 0.308. The second-order valence-electron chi connectivity index (χ2n) is 7.99. The number of ether oxygens (including phenoxy) is 2. The normalized spacial score (nSPS) is 15.9. The summed E-state index contributed by atoms with van der Waals surface area (Å²) >= 11 is -3.92. The zero-order valence-electron chi connectivity index (χ0n) is 18.2. The van der Waals surface area contributed by atoms with Crippen LogP contribution in [0.3, 0.4) is 0 Å². The first-order valence-corrected chi connectivity index (χ1v) is 14.6. The van der Waals surface area contributed by atoms with E-state index in [-0.39, 0.29) is 0 Å². The molecule has 164 valence electrons. The SMILES string of the molecule is O=[As]1(c2ccccn2)c2ccccc2-c2ccc(Oc3cccc(Oc4ccccc4)c3)cc21. The minimum atomic E-state index is -3.92. The molecule has 0 amide bonds. The van der Waals surface area contributed by atoms with Crippen LogP contribution in [-0.2, 0) is 3.74 Å². The Morgan fingerprint density at radius 3 is 1.97 bits per heavy atom. The Morgan fingerprint density at radius 2 is 1.18 bits per heavy atom. The summed E-state index contributed by atoms with van der Waals surface area (Å²) in [4.78, 5) is 4.50. The van der Waals surface area contributed by atoms with Gasteiger partial charge < -0.3 is 0 Å². The van der Waals surface area contributed by atoms with Crippen molar-refractivity contribution in [2.24, 2.45) is 0 Å². The molecule has 1 unspecified atom stereocenters. The Morgan fingerprint density at radius 1 is 0.529 bits per heavy atom. The summed E-state index contributed by atoms with van der Waals surface area (Å²) in [5.74, 6) is 2.71. The van der Waals surface area contributed by atoms with E-state index in [0.717, 1.165) is 25.6 Å². The summed E-state index contributed by atoms with van der Waals surface area (Å²) in [7, 11) is 0. The van der Waals surface area contributed by atoms with Crippen molar-refractivity contribution in [2.45, 2.75) is 0 Å². The minimum absolute atomic E-state index is 0.626. The molecule has 0 saturated heterocycles. The first-order chi connectivity index (χ1) is 16.7. The van der Waals surface area contributed by atoms with Gasteiger partial charge in [-0.15, -0.1) is 0 Å². The third kappa shape index (κ3) is 3.53. The van der Waals surface area contributed by atoms with Gasteiger partial charge in [-0.2, -0.15) is 0 Å². The molecule has 4 nitrogen and oxygen atoms in total. The number of fused-ring (bicyclic) bond motifs is 3. The van der Waals surface area contributed by atoms with Crippen molar-refractivity contribution in [3.05, 3.63) is 121 Å². The Bertz CT molecular complexity index is 1530. The molecule has 2 heterocycles. The van der Waals surface area contributed by atoms with E-state index in [2.05, 4.69) is 4.98 Å². The van der Waals surface area contributed by atoms with Crippen LogP contribution < -0.4 is 22.7 Å². The van der Waals surface area contributed by atoms with Crippen molar-refractivity contribution in [3.63, 3.8) is 0 Å². The van der Waals surface area contributed by atoms with Crippen molar-refractivity contribution in [1.29, 1.82) is 0 Å². The number of aromatic nitrogens is 1. The maximum absolute atomic E-state index is 14.6. The molecule has 0 spiro atoms. The number of hydrogen-bond acceptors (Lipinski definition) is 4.